The van der Waals surface area contributed by atoms with Crippen molar-refractivity contribution in [3.05, 3.63) is 0 Å². The maximum Gasteiger partial charge on any atom is 0.313 e. The van der Waals surface area contributed by atoms with Crippen LogP contribution in [-0.2, 0) is 9.59 Å². The van der Waals surface area contributed by atoms with Crippen LogP contribution >= 0.6 is 11.8 Å². The molecule has 0 heterocycles. The molecule has 5 heteroatoms. The first-order chi connectivity index (χ1) is 4.66. The van der Waals surface area contributed by atoms with E-state index in [0.717, 1.165) is 11.8 Å². The number of hydrogen-bond donors (Lipinski definition) is 2. The summed E-state index contributed by atoms with van der Waals surface area (Å²) in [6.07, 6.45) is 1.55. The SMILES string of the molecule is N[C@H]([C]=O)CSCC(=O)O. The zero-order valence-electron chi connectivity index (χ0n) is 5.24. The molecule has 10 heavy (non-hydrogen) atoms. The number of carbonyl (C=O) groups is 1. The van der Waals surface area contributed by atoms with Crippen LogP contribution in [0.5, 0.6) is 0 Å². The van der Waals surface area contributed by atoms with Gasteiger partial charge in [0.2, 0.25) is 6.29 Å². The number of carboxylic acids is 1. The Hall–Kier alpha value is -0.550. The zero-order chi connectivity index (χ0) is 7.98. The van der Waals surface area contributed by atoms with Crippen LogP contribution < -0.4 is 5.73 Å². The van der Waals surface area contributed by atoms with Gasteiger partial charge in [-0.3, -0.25) is 9.59 Å². The first-order valence-corrected chi connectivity index (χ1v) is 3.75. The van der Waals surface area contributed by atoms with E-state index in [1.54, 1.807) is 6.29 Å². The molecule has 0 aromatic rings. The van der Waals surface area contributed by atoms with Gasteiger partial charge in [-0.2, -0.15) is 0 Å². The molecule has 0 bridgehead atoms. The highest BCUT2D eigenvalue weighted by Gasteiger charge is 2.02. The maximum atomic E-state index is 9.91. The fraction of sp³-hybridized carbons (Fsp3) is 0.600. The predicted molar refractivity (Wildman–Crippen MR) is 38.6 cm³/mol. The monoisotopic (exact) mass is 162 g/mol. The molecule has 3 N–H and O–H groups in total. The molecule has 0 aliphatic carbocycles. The first kappa shape index (κ1) is 9.45. The van der Waals surface area contributed by atoms with Gasteiger partial charge in [0, 0.05) is 5.75 Å². The highest BCUT2D eigenvalue weighted by molar-refractivity contribution is 8.00. The number of carbonyl (C=O) groups excluding carboxylic acids is 1. The predicted octanol–water partition coefficient (Wildman–Crippen LogP) is -0.759. The lowest BCUT2D eigenvalue weighted by atomic mass is 10.4. The Kier molecular flexibility index (Phi) is 4.96. The number of nitrogens with two attached hydrogens (primary N) is 1. The number of thioether (sulfide) groups is 1. The van der Waals surface area contributed by atoms with Gasteiger partial charge in [-0.05, 0) is 0 Å². The third kappa shape index (κ3) is 5.58. The van der Waals surface area contributed by atoms with Gasteiger partial charge >= 0.3 is 5.97 Å². The number of hydrogen-bond acceptors (Lipinski definition) is 4. The summed E-state index contributed by atoms with van der Waals surface area (Å²) in [5.74, 6) is -0.603. The summed E-state index contributed by atoms with van der Waals surface area (Å²) in [6.45, 7) is 0. The average molecular weight is 162 g/mol. The molecule has 1 radical (unpaired) electrons. The van der Waals surface area contributed by atoms with Gasteiger partial charge in [0.05, 0.1) is 11.8 Å². The second-order valence-corrected chi connectivity index (χ2v) is 2.66. The topological polar surface area (TPSA) is 80.4 Å². The van der Waals surface area contributed by atoms with Gasteiger partial charge in [0.15, 0.2) is 0 Å². The summed E-state index contributed by atoms with van der Waals surface area (Å²) in [6, 6.07) is -0.663. The lowest BCUT2D eigenvalue weighted by Crippen LogP contribution is -2.24. The fourth-order valence-electron chi connectivity index (χ4n) is 0.307. The van der Waals surface area contributed by atoms with Crippen molar-refractivity contribution >= 4 is 24.0 Å². The Balaban J connectivity index is 3.19. The Morgan fingerprint density at radius 1 is 1.80 bits per heavy atom. The molecule has 0 aliphatic heterocycles. The van der Waals surface area contributed by atoms with Crippen LogP contribution in [0.2, 0.25) is 0 Å². The summed E-state index contributed by atoms with van der Waals surface area (Å²) in [5.41, 5.74) is 5.12. The molecule has 0 spiro atoms. The van der Waals surface area contributed by atoms with E-state index >= 15 is 0 Å². The maximum absolute atomic E-state index is 9.91. The van der Waals surface area contributed by atoms with Crippen LogP contribution in [0.4, 0.5) is 0 Å². The summed E-state index contributed by atoms with van der Waals surface area (Å²) < 4.78 is 0. The van der Waals surface area contributed by atoms with E-state index in [9.17, 15) is 9.59 Å². The van der Waals surface area contributed by atoms with Gasteiger partial charge in [-0.1, -0.05) is 0 Å². The molecule has 0 saturated heterocycles. The third-order valence-electron chi connectivity index (χ3n) is 0.674. The quantitative estimate of drug-likeness (QED) is 0.555. The van der Waals surface area contributed by atoms with Crippen LogP contribution in [0.3, 0.4) is 0 Å². The second-order valence-electron chi connectivity index (χ2n) is 1.63. The molecule has 0 unspecified atom stereocenters. The van der Waals surface area contributed by atoms with Crippen molar-refractivity contribution in [3.8, 4) is 0 Å². The largest absolute Gasteiger partial charge is 0.481 e. The molecule has 0 rings (SSSR count). The van der Waals surface area contributed by atoms with Gasteiger partial charge in [0.1, 0.15) is 0 Å². The molecule has 1 atom stereocenters. The lowest BCUT2D eigenvalue weighted by Gasteiger charge is -1.98. The Morgan fingerprint density at radius 2 is 2.40 bits per heavy atom. The van der Waals surface area contributed by atoms with Crippen molar-refractivity contribution in [3.63, 3.8) is 0 Å². The van der Waals surface area contributed by atoms with Crippen molar-refractivity contribution in [2.45, 2.75) is 6.04 Å². The van der Waals surface area contributed by atoms with Crippen LogP contribution in [0.15, 0.2) is 0 Å². The molecule has 0 fully saturated rings. The van der Waals surface area contributed by atoms with E-state index in [1.165, 1.54) is 0 Å². The lowest BCUT2D eigenvalue weighted by molar-refractivity contribution is -0.133. The number of rotatable bonds is 5. The average Bonchev–Trinajstić information content (AvgIpc) is 1.87. The minimum Gasteiger partial charge on any atom is -0.481 e. The van der Waals surface area contributed by atoms with Crippen molar-refractivity contribution in [2.75, 3.05) is 11.5 Å². The third-order valence-corrected chi connectivity index (χ3v) is 1.72. The van der Waals surface area contributed by atoms with Gasteiger partial charge < -0.3 is 10.8 Å². The van der Waals surface area contributed by atoms with Gasteiger partial charge in [0.25, 0.3) is 0 Å². The van der Waals surface area contributed by atoms with E-state index in [2.05, 4.69) is 0 Å². The Bertz CT molecular complexity index is 128. The summed E-state index contributed by atoms with van der Waals surface area (Å²) >= 11 is 1.11. The van der Waals surface area contributed by atoms with Gasteiger partial charge in [-0.25, -0.2) is 0 Å². The van der Waals surface area contributed by atoms with Crippen molar-refractivity contribution in [1.29, 1.82) is 0 Å². The van der Waals surface area contributed by atoms with Crippen LogP contribution in [0.25, 0.3) is 0 Å². The molecular weight excluding hydrogens is 154 g/mol. The van der Waals surface area contributed by atoms with E-state index in [4.69, 9.17) is 10.8 Å². The standard InChI is InChI=1S/C5H8NO3S/c6-4(1-7)2-10-3-5(8)9/h4H,2-3,6H2,(H,8,9)/t4-/m1/s1. The fourth-order valence-corrected chi connectivity index (χ4v) is 0.922. The summed E-state index contributed by atoms with van der Waals surface area (Å²) in [4.78, 5) is 19.7. The molecule has 0 aromatic heterocycles. The van der Waals surface area contributed by atoms with Crippen molar-refractivity contribution in [2.24, 2.45) is 5.73 Å². The Morgan fingerprint density at radius 3 is 2.80 bits per heavy atom. The van der Waals surface area contributed by atoms with Crippen LogP contribution in [0, 0.1) is 0 Å². The molecule has 0 saturated carbocycles. The van der Waals surface area contributed by atoms with Crippen LogP contribution in [-0.4, -0.2) is 34.9 Å². The van der Waals surface area contributed by atoms with E-state index in [0.29, 0.717) is 5.75 Å². The molecule has 57 valence electrons. The molecular formula is C5H8NO3S. The van der Waals surface area contributed by atoms with E-state index < -0.39 is 12.0 Å². The van der Waals surface area contributed by atoms with Crippen LogP contribution in [0.1, 0.15) is 0 Å². The van der Waals surface area contributed by atoms with Crippen molar-refractivity contribution in [1.82, 2.24) is 0 Å². The molecule has 0 aromatic carbocycles. The summed E-state index contributed by atoms with van der Waals surface area (Å²) in [7, 11) is 0. The van der Waals surface area contributed by atoms with E-state index in [1.807, 2.05) is 0 Å². The van der Waals surface area contributed by atoms with E-state index in [-0.39, 0.29) is 5.75 Å². The van der Waals surface area contributed by atoms with Gasteiger partial charge in [-0.15, -0.1) is 11.8 Å². The summed E-state index contributed by atoms with van der Waals surface area (Å²) in [5, 5.41) is 8.14. The number of aliphatic carboxylic acids is 1. The molecule has 4 nitrogen and oxygen atoms in total. The highest BCUT2D eigenvalue weighted by atomic mass is 32.2. The molecule has 0 aliphatic rings. The minimum absolute atomic E-state index is 0.0185. The zero-order valence-corrected chi connectivity index (χ0v) is 6.06. The minimum atomic E-state index is -0.900. The second kappa shape index (κ2) is 5.25. The van der Waals surface area contributed by atoms with Crippen molar-refractivity contribution < 1.29 is 14.7 Å². The highest BCUT2D eigenvalue weighted by Crippen LogP contribution is 1.99. The molecule has 0 amide bonds. The normalized spacial score (nSPS) is 12.5. The number of carboxylic acid groups (broad SMARTS) is 1. The smallest absolute Gasteiger partial charge is 0.313 e. The first-order valence-electron chi connectivity index (χ1n) is 2.59. The Labute approximate surface area is 62.8 Å².